The Balaban J connectivity index is 1.78. The molecule has 2 aromatic rings. The smallest absolute Gasteiger partial charge is 0.179 e. The van der Waals surface area contributed by atoms with Crippen LogP contribution in [0.4, 0.5) is 0 Å². The highest BCUT2D eigenvalue weighted by Crippen LogP contribution is 2.37. The van der Waals surface area contributed by atoms with Crippen molar-refractivity contribution in [3.05, 3.63) is 30.1 Å². The number of rotatable bonds is 6. The Morgan fingerprint density at radius 2 is 2.27 bits per heavy atom. The van der Waals surface area contributed by atoms with Crippen LogP contribution in [-0.4, -0.2) is 31.5 Å². The summed E-state index contributed by atoms with van der Waals surface area (Å²) >= 11 is 4.08. The summed E-state index contributed by atoms with van der Waals surface area (Å²) < 4.78 is 13.0. The Labute approximate surface area is 156 Å². The zero-order valence-corrected chi connectivity index (χ0v) is 16.4. The number of pyridine rings is 1. The SMILES string of the molecule is CC(I)C(=O)c1cnn2cc(OCC3(OI)CCC3)ccc12. The summed E-state index contributed by atoms with van der Waals surface area (Å²) in [5.41, 5.74) is 1.32. The highest BCUT2D eigenvalue weighted by Gasteiger charge is 2.39. The molecule has 3 rings (SSSR count). The number of fused-ring (bicyclic) bond motifs is 1. The van der Waals surface area contributed by atoms with E-state index in [2.05, 4.69) is 27.7 Å². The highest BCUT2D eigenvalue weighted by atomic mass is 127. The van der Waals surface area contributed by atoms with Gasteiger partial charge < -0.3 is 7.80 Å². The molecule has 0 N–H and O–H groups in total. The Morgan fingerprint density at radius 3 is 2.86 bits per heavy atom. The fourth-order valence-corrected chi connectivity index (χ4v) is 3.39. The topological polar surface area (TPSA) is 52.8 Å². The summed E-state index contributed by atoms with van der Waals surface area (Å²) in [7, 11) is 0. The maximum absolute atomic E-state index is 12.1. The van der Waals surface area contributed by atoms with Crippen molar-refractivity contribution in [2.75, 3.05) is 6.61 Å². The van der Waals surface area contributed by atoms with E-state index in [-0.39, 0.29) is 15.3 Å². The van der Waals surface area contributed by atoms with Gasteiger partial charge in [-0.3, -0.25) is 4.79 Å². The summed E-state index contributed by atoms with van der Waals surface area (Å²) in [6.07, 6.45) is 6.68. The first-order valence-electron chi connectivity index (χ1n) is 7.13. The summed E-state index contributed by atoms with van der Waals surface area (Å²) in [5.74, 6) is 0.827. The number of ether oxygens (including phenoxy) is 1. The number of carbonyl (C=O) groups is 1. The average Bonchev–Trinajstić information content (AvgIpc) is 2.88. The monoisotopic (exact) mass is 526 g/mol. The van der Waals surface area contributed by atoms with Crippen molar-refractivity contribution in [1.29, 1.82) is 0 Å². The number of halogens is 2. The van der Waals surface area contributed by atoms with Crippen LogP contribution in [0, 0.1) is 0 Å². The maximum Gasteiger partial charge on any atom is 0.179 e. The fraction of sp³-hybridized carbons (Fsp3) is 0.467. The molecule has 0 saturated heterocycles. The molecular weight excluding hydrogens is 510 g/mol. The van der Waals surface area contributed by atoms with Gasteiger partial charge in [0, 0.05) is 0 Å². The minimum Gasteiger partial charge on any atom is -0.489 e. The van der Waals surface area contributed by atoms with Crippen LogP contribution in [-0.2, 0) is 3.07 Å². The van der Waals surface area contributed by atoms with Crippen molar-refractivity contribution in [3.63, 3.8) is 0 Å². The molecule has 22 heavy (non-hydrogen) atoms. The lowest BCUT2D eigenvalue weighted by Gasteiger charge is -2.38. The lowest BCUT2D eigenvalue weighted by molar-refractivity contribution is -0.0104. The predicted octanol–water partition coefficient (Wildman–Crippen LogP) is 4.01. The summed E-state index contributed by atoms with van der Waals surface area (Å²) in [6, 6.07) is 3.76. The number of ketones is 1. The van der Waals surface area contributed by atoms with E-state index in [1.165, 1.54) is 6.42 Å². The molecule has 1 saturated carbocycles. The first-order valence-corrected chi connectivity index (χ1v) is 9.25. The molecule has 0 spiro atoms. The van der Waals surface area contributed by atoms with Gasteiger partial charge in [-0.1, -0.05) is 22.6 Å². The first kappa shape index (κ1) is 16.4. The van der Waals surface area contributed by atoms with E-state index in [9.17, 15) is 4.79 Å². The molecule has 2 aromatic heterocycles. The number of hydrogen-bond donors (Lipinski definition) is 0. The van der Waals surface area contributed by atoms with Crippen molar-refractivity contribution in [2.24, 2.45) is 0 Å². The number of aromatic nitrogens is 2. The molecule has 1 atom stereocenters. The van der Waals surface area contributed by atoms with Crippen LogP contribution in [0.15, 0.2) is 24.5 Å². The molecule has 1 unspecified atom stereocenters. The van der Waals surface area contributed by atoms with Crippen molar-refractivity contribution in [2.45, 2.75) is 35.7 Å². The van der Waals surface area contributed by atoms with E-state index < -0.39 is 0 Å². The van der Waals surface area contributed by atoms with E-state index in [1.807, 2.05) is 48.3 Å². The molecule has 118 valence electrons. The quantitative estimate of drug-likeness (QED) is 0.325. The van der Waals surface area contributed by atoms with Gasteiger partial charge in [0.05, 0.1) is 27.4 Å². The van der Waals surface area contributed by atoms with Crippen LogP contribution in [0.2, 0.25) is 0 Å². The molecule has 1 fully saturated rings. The zero-order chi connectivity index (χ0) is 15.7. The molecule has 0 radical (unpaired) electrons. The zero-order valence-electron chi connectivity index (χ0n) is 12.1. The predicted molar refractivity (Wildman–Crippen MR) is 100 cm³/mol. The number of carbonyl (C=O) groups excluding carboxylic acids is 1. The van der Waals surface area contributed by atoms with Gasteiger partial charge in [-0.2, -0.15) is 5.10 Å². The fourth-order valence-electron chi connectivity index (χ4n) is 2.48. The molecular formula is C15H16I2N2O3. The Morgan fingerprint density at radius 1 is 1.50 bits per heavy atom. The Bertz CT molecular complexity index is 690. The number of Topliss-reactive ketones (excluding diaryl/α,β-unsaturated/α-hetero) is 1. The van der Waals surface area contributed by atoms with Crippen molar-refractivity contribution in [3.8, 4) is 5.75 Å². The summed E-state index contributed by atoms with van der Waals surface area (Å²) in [6.45, 7) is 2.42. The third kappa shape index (κ3) is 3.12. The van der Waals surface area contributed by atoms with Gasteiger partial charge in [0.25, 0.3) is 0 Å². The third-order valence-electron chi connectivity index (χ3n) is 4.05. The van der Waals surface area contributed by atoms with Crippen LogP contribution in [0.25, 0.3) is 5.52 Å². The molecule has 1 aliphatic rings. The molecule has 0 bridgehead atoms. The van der Waals surface area contributed by atoms with Gasteiger partial charge in [0.15, 0.2) is 5.78 Å². The molecule has 1 aliphatic carbocycles. The number of hydrogen-bond acceptors (Lipinski definition) is 4. The second-order valence-corrected chi connectivity index (χ2v) is 7.94. The van der Waals surface area contributed by atoms with Gasteiger partial charge in [0.2, 0.25) is 0 Å². The Hall–Kier alpha value is -0.420. The third-order valence-corrected chi connectivity index (χ3v) is 5.55. The first-order chi connectivity index (χ1) is 10.5. The summed E-state index contributed by atoms with van der Waals surface area (Å²) in [4.78, 5) is 12.1. The van der Waals surface area contributed by atoms with Crippen molar-refractivity contribution < 1.29 is 12.6 Å². The van der Waals surface area contributed by atoms with E-state index >= 15 is 0 Å². The molecule has 0 aliphatic heterocycles. The van der Waals surface area contributed by atoms with Crippen LogP contribution in [0.3, 0.4) is 0 Å². The van der Waals surface area contributed by atoms with Crippen LogP contribution in [0.1, 0.15) is 36.5 Å². The van der Waals surface area contributed by atoms with Gasteiger partial charge in [-0.15, -0.1) is 0 Å². The second-order valence-electron chi connectivity index (χ2n) is 5.64. The minimum atomic E-state index is -0.141. The van der Waals surface area contributed by atoms with Crippen molar-refractivity contribution in [1.82, 2.24) is 9.61 Å². The van der Waals surface area contributed by atoms with Gasteiger partial charge in [0.1, 0.15) is 41.0 Å². The van der Waals surface area contributed by atoms with E-state index in [0.29, 0.717) is 12.2 Å². The molecule has 2 heterocycles. The molecule has 5 nitrogen and oxygen atoms in total. The number of nitrogens with zero attached hydrogens (tertiary/aromatic N) is 2. The van der Waals surface area contributed by atoms with Crippen LogP contribution >= 0.6 is 45.6 Å². The molecule has 0 aromatic carbocycles. The molecule has 0 amide bonds. The molecule has 7 heteroatoms. The average molecular weight is 526 g/mol. The normalized spacial score (nSPS) is 18.0. The van der Waals surface area contributed by atoms with Crippen molar-refractivity contribution >= 4 is 56.9 Å². The van der Waals surface area contributed by atoms with Crippen LogP contribution in [0.5, 0.6) is 5.75 Å². The Kier molecular flexibility index (Phi) is 4.93. The van der Waals surface area contributed by atoms with E-state index in [0.717, 1.165) is 24.1 Å². The van der Waals surface area contributed by atoms with Gasteiger partial charge in [-0.25, -0.2) is 4.52 Å². The van der Waals surface area contributed by atoms with E-state index in [4.69, 9.17) is 7.80 Å². The van der Waals surface area contributed by atoms with Crippen LogP contribution < -0.4 is 4.74 Å². The van der Waals surface area contributed by atoms with Gasteiger partial charge in [-0.05, 0) is 38.3 Å². The lowest BCUT2D eigenvalue weighted by atomic mass is 9.81. The lowest BCUT2D eigenvalue weighted by Crippen LogP contribution is -2.43. The second kappa shape index (κ2) is 6.60. The van der Waals surface area contributed by atoms with Gasteiger partial charge >= 0.3 is 0 Å². The minimum absolute atomic E-state index is 0.0687. The largest absolute Gasteiger partial charge is 0.489 e. The van der Waals surface area contributed by atoms with E-state index in [1.54, 1.807) is 10.7 Å². The maximum atomic E-state index is 12.1. The number of alkyl halides is 1. The summed E-state index contributed by atoms with van der Waals surface area (Å²) in [5, 5.41) is 4.26. The standard InChI is InChI=1S/C15H16I2N2O3/c1-10(16)14(20)12-7-18-19-8-11(3-4-13(12)19)21-9-15(22-17)5-2-6-15/h3-4,7-8,10H,2,5-6,9H2,1H3. The highest BCUT2D eigenvalue weighted by molar-refractivity contribution is 14.1.